The number of benzene rings is 3. The van der Waals surface area contributed by atoms with Crippen molar-refractivity contribution in [1.82, 2.24) is 0 Å². The number of carbonyl (C=O) groups is 2. The summed E-state index contributed by atoms with van der Waals surface area (Å²) < 4.78 is 60.7. The quantitative estimate of drug-likeness (QED) is 0.530. The highest BCUT2D eigenvalue weighted by atomic mass is 19.1. The van der Waals surface area contributed by atoms with Gasteiger partial charge in [-0.25, -0.2) is 17.6 Å². The molecular weight excluding hydrogens is 416 g/mol. The molecule has 3 aromatic carbocycles. The number of amides is 2. The van der Waals surface area contributed by atoms with Gasteiger partial charge in [0.2, 0.25) is 0 Å². The number of carbonyl (C=O) groups excluding carboxylic acids is 2. The Bertz CT molecular complexity index is 1110. The molecule has 160 valence electrons. The van der Waals surface area contributed by atoms with E-state index in [0.29, 0.717) is 0 Å². The third-order valence-electron chi connectivity index (χ3n) is 4.19. The highest BCUT2D eigenvalue weighted by Crippen LogP contribution is 2.25. The average molecular weight is 432 g/mol. The average Bonchev–Trinajstić information content (AvgIpc) is 2.74. The van der Waals surface area contributed by atoms with Gasteiger partial charge in [-0.3, -0.25) is 9.59 Å². The third kappa shape index (κ3) is 4.82. The maximum atomic E-state index is 13.9. The molecule has 0 aliphatic carbocycles. The number of para-hydroxylation sites is 2. The van der Waals surface area contributed by atoms with Crippen molar-refractivity contribution in [2.75, 3.05) is 17.2 Å². The summed E-state index contributed by atoms with van der Waals surface area (Å²) in [6, 6.07) is 9.82. The number of hydrogen-bond donors (Lipinski definition) is 2. The minimum Gasteiger partial charge on any atom is -0.493 e. The van der Waals surface area contributed by atoms with Crippen molar-refractivity contribution in [3.63, 3.8) is 0 Å². The lowest BCUT2D eigenvalue weighted by atomic mass is 10.1. The van der Waals surface area contributed by atoms with Crippen molar-refractivity contribution in [1.29, 1.82) is 0 Å². The molecular formula is C22H16F4N2O3. The molecule has 0 saturated heterocycles. The van der Waals surface area contributed by atoms with Crippen molar-refractivity contribution in [3.8, 4) is 5.75 Å². The van der Waals surface area contributed by atoms with Crippen LogP contribution in [0.1, 0.15) is 27.6 Å². The van der Waals surface area contributed by atoms with Crippen LogP contribution in [0.25, 0.3) is 0 Å². The SMILES string of the molecule is CCOc1ccc(C(=O)Nc2c(F)cccc2F)cc1C(=O)Nc1c(F)cccc1F. The number of nitrogens with one attached hydrogen (secondary N) is 2. The zero-order valence-electron chi connectivity index (χ0n) is 16.1. The molecule has 0 unspecified atom stereocenters. The van der Waals surface area contributed by atoms with Gasteiger partial charge in [-0.05, 0) is 49.4 Å². The van der Waals surface area contributed by atoms with Gasteiger partial charge in [0.1, 0.15) is 40.4 Å². The van der Waals surface area contributed by atoms with Crippen LogP contribution in [0.15, 0.2) is 54.6 Å². The highest BCUT2D eigenvalue weighted by molar-refractivity contribution is 6.10. The van der Waals surface area contributed by atoms with Crippen LogP contribution in [0, 0.1) is 23.3 Å². The smallest absolute Gasteiger partial charge is 0.259 e. The molecule has 0 aromatic heterocycles. The van der Waals surface area contributed by atoms with E-state index < -0.39 is 46.5 Å². The van der Waals surface area contributed by atoms with Crippen LogP contribution in [-0.2, 0) is 0 Å². The van der Waals surface area contributed by atoms with E-state index in [4.69, 9.17) is 4.74 Å². The molecule has 0 aliphatic rings. The lowest BCUT2D eigenvalue weighted by Crippen LogP contribution is -2.18. The van der Waals surface area contributed by atoms with Gasteiger partial charge in [0, 0.05) is 5.56 Å². The summed E-state index contributed by atoms with van der Waals surface area (Å²) in [5.74, 6) is -5.74. The van der Waals surface area contributed by atoms with Gasteiger partial charge in [0.25, 0.3) is 11.8 Å². The molecule has 0 bridgehead atoms. The maximum Gasteiger partial charge on any atom is 0.259 e. The Hall–Kier alpha value is -3.88. The molecule has 3 aromatic rings. The highest BCUT2D eigenvalue weighted by Gasteiger charge is 2.20. The fraction of sp³-hybridized carbons (Fsp3) is 0.0909. The largest absolute Gasteiger partial charge is 0.493 e. The van der Waals surface area contributed by atoms with Gasteiger partial charge >= 0.3 is 0 Å². The van der Waals surface area contributed by atoms with Gasteiger partial charge in [0.05, 0.1) is 12.2 Å². The van der Waals surface area contributed by atoms with Crippen LogP contribution in [0.5, 0.6) is 5.75 Å². The van der Waals surface area contributed by atoms with E-state index in [-0.39, 0.29) is 23.5 Å². The van der Waals surface area contributed by atoms with Gasteiger partial charge < -0.3 is 15.4 Å². The summed E-state index contributed by atoms with van der Waals surface area (Å²) in [7, 11) is 0. The molecule has 0 fully saturated rings. The first-order valence-corrected chi connectivity index (χ1v) is 9.09. The standard InChI is InChI=1S/C22H16F4N2O3/c1-2-31-18-10-9-12(21(29)27-19-14(23)5-3-6-15(19)24)11-13(18)22(30)28-20-16(25)7-4-8-17(20)26/h3-11H,2H2,1H3,(H,27,29)(H,28,30). The summed E-state index contributed by atoms with van der Waals surface area (Å²) in [6.07, 6.45) is 0. The molecule has 0 aliphatic heterocycles. The van der Waals surface area contributed by atoms with E-state index >= 15 is 0 Å². The number of rotatable bonds is 6. The molecule has 0 heterocycles. The lowest BCUT2D eigenvalue weighted by molar-refractivity contribution is 0.102. The van der Waals surface area contributed by atoms with Crippen LogP contribution >= 0.6 is 0 Å². The van der Waals surface area contributed by atoms with Crippen molar-refractivity contribution < 1.29 is 31.9 Å². The van der Waals surface area contributed by atoms with E-state index in [9.17, 15) is 27.2 Å². The Morgan fingerprint density at radius 1 is 0.774 bits per heavy atom. The molecule has 2 N–H and O–H groups in total. The summed E-state index contributed by atoms with van der Waals surface area (Å²) in [6.45, 7) is 1.82. The van der Waals surface area contributed by atoms with E-state index in [1.165, 1.54) is 12.1 Å². The summed E-state index contributed by atoms with van der Waals surface area (Å²) >= 11 is 0. The van der Waals surface area contributed by atoms with E-state index in [1.54, 1.807) is 6.92 Å². The Morgan fingerprint density at radius 3 is 1.74 bits per heavy atom. The van der Waals surface area contributed by atoms with Crippen molar-refractivity contribution in [2.45, 2.75) is 6.92 Å². The molecule has 2 amide bonds. The Kier molecular flexibility index (Phi) is 6.54. The van der Waals surface area contributed by atoms with Gasteiger partial charge in [-0.15, -0.1) is 0 Å². The van der Waals surface area contributed by atoms with E-state index in [0.717, 1.165) is 42.5 Å². The molecule has 3 rings (SSSR count). The molecule has 0 saturated carbocycles. The second-order valence-electron chi connectivity index (χ2n) is 6.25. The Morgan fingerprint density at radius 2 is 1.26 bits per heavy atom. The maximum absolute atomic E-state index is 13.9. The fourth-order valence-corrected chi connectivity index (χ4v) is 2.73. The van der Waals surface area contributed by atoms with Crippen LogP contribution < -0.4 is 15.4 Å². The Labute approximate surface area is 174 Å². The van der Waals surface area contributed by atoms with Crippen molar-refractivity contribution in [2.24, 2.45) is 0 Å². The minimum atomic E-state index is -0.991. The van der Waals surface area contributed by atoms with Gasteiger partial charge in [-0.2, -0.15) is 0 Å². The van der Waals surface area contributed by atoms with Crippen molar-refractivity contribution >= 4 is 23.2 Å². The molecule has 31 heavy (non-hydrogen) atoms. The second kappa shape index (κ2) is 9.29. The lowest BCUT2D eigenvalue weighted by Gasteiger charge is -2.14. The van der Waals surface area contributed by atoms with Crippen LogP contribution in [0.4, 0.5) is 28.9 Å². The third-order valence-corrected chi connectivity index (χ3v) is 4.19. The normalized spacial score (nSPS) is 10.5. The van der Waals surface area contributed by atoms with Gasteiger partial charge in [0.15, 0.2) is 0 Å². The molecule has 9 heteroatoms. The zero-order chi connectivity index (χ0) is 22.5. The fourth-order valence-electron chi connectivity index (χ4n) is 2.73. The monoisotopic (exact) mass is 432 g/mol. The topological polar surface area (TPSA) is 67.4 Å². The minimum absolute atomic E-state index is 0.0466. The van der Waals surface area contributed by atoms with Gasteiger partial charge in [-0.1, -0.05) is 12.1 Å². The number of hydrogen-bond acceptors (Lipinski definition) is 3. The summed E-state index contributed by atoms with van der Waals surface area (Å²) in [5, 5.41) is 4.21. The zero-order valence-corrected chi connectivity index (χ0v) is 16.1. The summed E-state index contributed by atoms with van der Waals surface area (Å²) in [5.41, 5.74) is -1.66. The number of halogens is 4. The summed E-state index contributed by atoms with van der Waals surface area (Å²) in [4.78, 5) is 25.2. The van der Waals surface area contributed by atoms with Crippen LogP contribution in [-0.4, -0.2) is 18.4 Å². The first-order chi connectivity index (χ1) is 14.8. The Balaban J connectivity index is 1.93. The van der Waals surface area contributed by atoms with Crippen LogP contribution in [0.2, 0.25) is 0 Å². The molecule has 0 radical (unpaired) electrons. The predicted octanol–water partition coefficient (Wildman–Crippen LogP) is 5.15. The van der Waals surface area contributed by atoms with E-state index in [2.05, 4.69) is 10.6 Å². The molecule has 5 nitrogen and oxygen atoms in total. The van der Waals surface area contributed by atoms with Crippen molar-refractivity contribution in [3.05, 3.63) is 89.0 Å². The predicted molar refractivity (Wildman–Crippen MR) is 106 cm³/mol. The van der Waals surface area contributed by atoms with E-state index in [1.807, 2.05) is 0 Å². The molecule has 0 atom stereocenters. The number of anilines is 2. The first kappa shape index (κ1) is 21.8. The number of ether oxygens (including phenoxy) is 1. The first-order valence-electron chi connectivity index (χ1n) is 9.09. The van der Waals surface area contributed by atoms with Crippen LogP contribution in [0.3, 0.4) is 0 Å². The molecule has 0 spiro atoms. The second-order valence-corrected chi connectivity index (χ2v) is 6.25.